The van der Waals surface area contributed by atoms with Gasteiger partial charge in [-0.2, -0.15) is 0 Å². The molecule has 0 atom stereocenters. The van der Waals surface area contributed by atoms with E-state index in [9.17, 15) is 9.59 Å². The fraction of sp³-hybridized carbons (Fsp3) is 0.300. The highest BCUT2D eigenvalue weighted by molar-refractivity contribution is 9.10. The van der Waals surface area contributed by atoms with Gasteiger partial charge in [0.2, 0.25) is 0 Å². The second kappa shape index (κ2) is 4.22. The Morgan fingerprint density at radius 3 is 2.82 bits per heavy atom. The highest BCUT2D eigenvalue weighted by Crippen LogP contribution is 2.14. The van der Waals surface area contributed by atoms with Gasteiger partial charge in [0.15, 0.2) is 15.9 Å². The van der Waals surface area contributed by atoms with E-state index in [-0.39, 0.29) is 11.2 Å². The summed E-state index contributed by atoms with van der Waals surface area (Å²) in [5, 5.41) is 0. The van der Waals surface area contributed by atoms with Crippen LogP contribution in [0.25, 0.3) is 11.2 Å². The second-order valence-electron chi connectivity index (χ2n) is 3.39. The maximum absolute atomic E-state index is 12.0. The third-order valence-electron chi connectivity index (χ3n) is 2.37. The van der Waals surface area contributed by atoms with Gasteiger partial charge in [-0.3, -0.25) is 14.3 Å². The van der Waals surface area contributed by atoms with Gasteiger partial charge in [-0.05, 0) is 22.9 Å². The molecule has 0 fully saturated rings. The van der Waals surface area contributed by atoms with Crippen LogP contribution in [-0.4, -0.2) is 19.1 Å². The Labute approximate surface area is 104 Å². The van der Waals surface area contributed by atoms with Crippen LogP contribution in [0.15, 0.2) is 14.3 Å². The number of aromatic amines is 1. The van der Waals surface area contributed by atoms with Gasteiger partial charge < -0.3 is 4.57 Å². The van der Waals surface area contributed by atoms with Gasteiger partial charge in [-0.25, -0.2) is 9.78 Å². The fourth-order valence-electron chi connectivity index (χ4n) is 1.47. The maximum atomic E-state index is 12.0. The fourth-order valence-corrected chi connectivity index (χ4v) is 1.95. The first-order valence-corrected chi connectivity index (χ1v) is 5.60. The van der Waals surface area contributed by atoms with E-state index < -0.39 is 5.69 Å². The average Bonchev–Trinajstić information content (AvgIpc) is 2.59. The number of imidazole rings is 1. The van der Waals surface area contributed by atoms with Crippen molar-refractivity contribution in [2.24, 2.45) is 7.05 Å². The first-order chi connectivity index (χ1) is 8.06. The van der Waals surface area contributed by atoms with E-state index in [4.69, 9.17) is 0 Å². The van der Waals surface area contributed by atoms with E-state index in [1.54, 1.807) is 11.5 Å². The molecular weight excluding hydrogens is 288 g/mol. The molecule has 2 rings (SSSR count). The van der Waals surface area contributed by atoms with Crippen molar-refractivity contribution in [3.05, 3.63) is 25.6 Å². The molecule has 0 bridgehead atoms. The predicted octanol–water partition coefficient (Wildman–Crippen LogP) is 0.209. The standard InChI is InChI=1S/C10H9BrN4O2/c1-3-4-5-15-6-7(12-9(15)11)13-10(17)14(2)8(6)16/h5H2,1-2H3,(H,13,17). The van der Waals surface area contributed by atoms with Crippen LogP contribution >= 0.6 is 15.9 Å². The lowest BCUT2D eigenvalue weighted by Gasteiger charge is -2.00. The van der Waals surface area contributed by atoms with E-state index >= 15 is 0 Å². The van der Waals surface area contributed by atoms with Gasteiger partial charge in [0.1, 0.15) is 0 Å². The predicted molar refractivity (Wildman–Crippen MR) is 66.7 cm³/mol. The van der Waals surface area contributed by atoms with Crippen molar-refractivity contribution in [1.82, 2.24) is 19.1 Å². The van der Waals surface area contributed by atoms with Crippen LogP contribution in [0.2, 0.25) is 0 Å². The summed E-state index contributed by atoms with van der Waals surface area (Å²) >= 11 is 3.24. The molecule has 0 aliphatic heterocycles. The number of rotatable bonds is 1. The van der Waals surface area contributed by atoms with Crippen LogP contribution < -0.4 is 11.2 Å². The molecule has 2 aromatic rings. The van der Waals surface area contributed by atoms with E-state index in [0.717, 1.165) is 4.57 Å². The van der Waals surface area contributed by atoms with Gasteiger partial charge in [0.25, 0.3) is 5.56 Å². The van der Waals surface area contributed by atoms with Crippen molar-refractivity contribution < 1.29 is 0 Å². The van der Waals surface area contributed by atoms with E-state index in [1.807, 2.05) is 0 Å². The molecule has 7 heteroatoms. The monoisotopic (exact) mass is 296 g/mol. The first-order valence-electron chi connectivity index (χ1n) is 4.81. The van der Waals surface area contributed by atoms with Crippen molar-refractivity contribution in [2.75, 3.05) is 0 Å². The lowest BCUT2D eigenvalue weighted by molar-refractivity contribution is 0.773. The molecule has 6 nitrogen and oxygen atoms in total. The highest BCUT2D eigenvalue weighted by Gasteiger charge is 2.14. The van der Waals surface area contributed by atoms with Crippen molar-refractivity contribution >= 4 is 27.1 Å². The summed E-state index contributed by atoms with van der Waals surface area (Å²) in [5.41, 5.74) is -0.273. The minimum absolute atomic E-state index is 0.267. The molecule has 0 spiro atoms. The third kappa shape index (κ3) is 1.80. The maximum Gasteiger partial charge on any atom is 0.329 e. The molecule has 2 heterocycles. The second-order valence-corrected chi connectivity index (χ2v) is 4.09. The van der Waals surface area contributed by atoms with Crippen LogP contribution in [0.1, 0.15) is 6.92 Å². The molecular formula is C10H9BrN4O2. The van der Waals surface area contributed by atoms with Gasteiger partial charge in [-0.1, -0.05) is 5.92 Å². The van der Waals surface area contributed by atoms with Gasteiger partial charge >= 0.3 is 5.69 Å². The SMILES string of the molecule is CC#CCn1c(Br)nc2[nH]c(=O)n(C)c(=O)c21. The molecule has 0 amide bonds. The summed E-state index contributed by atoms with van der Waals surface area (Å²) in [4.78, 5) is 30.0. The minimum atomic E-state index is -0.485. The average molecular weight is 297 g/mol. The third-order valence-corrected chi connectivity index (χ3v) is 2.98. The smallest absolute Gasteiger partial charge is 0.301 e. The largest absolute Gasteiger partial charge is 0.329 e. The van der Waals surface area contributed by atoms with Crippen molar-refractivity contribution in [2.45, 2.75) is 13.5 Å². The summed E-state index contributed by atoms with van der Waals surface area (Å²) in [5.74, 6) is 5.59. The van der Waals surface area contributed by atoms with Gasteiger partial charge in [0, 0.05) is 7.05 Å². The molecule has 0 aliphatic rings. The summed E-state index contributed by atoms with van der Waals surface area (Å²) in [6, 6.07) is 0. The van der Waals surface area contributed by atoms with Crippen molar-refractivity contribution in [3.8, 4) is 11.8 Å². The Morgan fingerprint density at radius 1 is 1.47 bits per heavy atom. The topological polar surface area (TPSA) is 72.7 Å². The van der Waals surface area contributed by atoms with E-state index in [2.05, 4.69) is 37.7 Å². The molecule has 0 saturated carbocycles. The van der Waals surface area contributed by atoms with Crippen molar-refractivity contribution in [1.29, 1.82) is 0 Å². The molecule has 0 aliphatic carbocycles. The normalized spacial score (nSPS) is 10.3. The molecule has 88 valence electrons. The summed E-state index contributed by atoms with van der Waals surface area (Å²) in [6.45, 7) is 2.06. The van der Waals surface area contributed by atoms with Gasteiger partial charge in [-0.15, -0.1) is 5.92 Å². The molecule has 0 saturated heterocycles. The van der Waals surface area contributed by atoms with E-state index in [0.29, 0.717) is 16.8 Å². The molecule has 17 heavy (non-hydrogen) atoms. The molecule has 0 aromatic carbocycles. The summed E-state index contributed by atoms with van der Waals surface area (Å²) in [6.07, 6.45) is 0. The summed E-state index contributed by atoms with van der Waals surface area (Å²) in [7, 11) is 1.41. The number of nitrogens with zero attached hydrogens (tertiary/aromatic N) is 3. The molecule has 0 unspecified atom stereocenters. The first kappa shape index (κ1) is 11.7. The van der Waals surface area contributed by atoms with Crippen LogP contribution in [0.5, 0.6) is 0 Å². The zero-order chi connectivity index (χ0) is 12.6. The Morgan fingerprint density at radius 2 is 2.18 bits per heavy atom. The van der Waals surface area contributed by atoms with Gasteiger partial charge in [0.05, 0.1) is 6.54 Å². The number of halogens is 1. The number of hydrogen-bond donors (Lipinski definition) is 1. The number of aromatic nitrogens is 4. The Bertz CT molecular complexity index is 757. The lowest BCUT2D eigenvalue weighted by Crippen LogP contribution is -2.33. The van der Waals surface area contributed by atoms with Crippen LogP contribution in [0.3, 0.4) is 0 Å². The van der Waals surface area contributed by atoms with E-state index in [1.165, 1.54) is 7.05 Å². The number of nitrogens with one attached hydrogen (secondary N) is 1. The molecule has 0 radical (unpaired) electrons. The minimum Gasteiger partial charge on any atom is -0.301 e. The Kier molecular flexibility index (Phi) is 2.90. The molecule has 1 N–H and O–H groups in total. The zero-order valence-electron chi connectivity index (χ0n) is 9.24. The Hall–Kier alpha value is -1.81. The number of hydrogen-bond acceptors (Lipinski definition) is 3. The lowest BCUT2D eigenvalue weighted by atomic mass is 10.5. The summed E-state index contributed by atoms with van der Waals surface area (Å²) < 4.78 is 3.09. The van der Waals surface area contributed by atoms with Crippen LogP contribution in [0.4, 0.5) is 0 Å². The number of H-pyrrole nitrogens is 1. The van der Waals surface area contributed by atoms with Crippen LogP contribution in [-0.2, 0) is 13.6 Å². The van der Waals surface area contributed by atoms with Crippen molar-refractivity contribution in [3.63, 3.8) is 0 Å². The highest BCUT2D eigenvalue weighted by atomic mass is 79.9. The number of fused-ring (bicyclic) bond motifs is 1. The quantitative estimate of drug-likeness (QED) is 0.604. The Balaban J connectivity index is 2.88. The molecule has 2 aromatic heterocycles. The van der Waals surface area contributed by atoms with Crippen LogP contribution in [0, 0.1) is 11.8 Å². The zero-order valence-corrected chi connectivity index (χ0v) is 10.8.